The fraction of sp³-hybridized carbons (Fsp3) is 0.792. The molecule has 3 N–H and O–H groups in total. The summed E-state index contributed by atoms with van der Waals surface area (Å²) in [6, 6.07) is 3.28. The quantitative estimate of drug-likeness (QED) is 0.671. The van der Waals surface area contributed by atoms with Crippen LogP contribution in [0.25, 0.3) is 0 Å². The molecule has 3 unspecified atom stereocenters. The van der Waals surface area contributed by atoms with Crippen LogP contribution in [0.3, 0.4) is 0 Å². The minimum Gasteiger partial charge on any atom is -0.431 e. The fourth-order valence-corrected chi connectivity index (χ4v) is 8.41. The van der Waals surface area contributed by atoms with Crippen molar-refractivity contribution in [3.63, 3.8) is 0 Å². The van der Waals surface area contributed by atoms with E-state index in [-0.39, 0.29) is 34.9 Å². The van der Waals surface area contributed by atoms with Crippen LogP contribution in [-0.4, -0.2) is 33.1 Å². The summed E-state index contributed by atoms with van der Waals surface area (Å²) in [6.07, 6.45) is 7.49. The summed E-state index contributed by atoms with van der Waals surface area (Å²) in [5.41, 5.74) is -0.681. The van der Waals surface area contributed by atoms with Gasteiger partial charge in [-0.1, -0.05) is 13.8 Å². The normalized spacial score (nSPS) is 51.8. The Kier molecular flexibility index (Phi) is 4.37. The number of hydrogen-bond acceptors (Lipinski definition) is 5. The van der Waals surface area contributed by atoms with Crippen molar-refractivity contribution in [2.75, 3.05) is 0 Å². The molecule has 0 aliphatic heterocycles. The van der Waals surface area contributed by atoms with Gasteiger partial charge in [0.05, 0.1) is 24.1 Å². The lowest BCUT2D eigenvalue weighted by Crippen LogP contribution is -2.66. The Bertz CT molecular complexity index is 829. The van der Waals surface area contributed by atoms with Crippen LogP contribution < -0.4 is 5.63 Å². The van der Waals surface area contributed by atoms with Gasteiger partial charge in [0.2, 0.25) is 0 Å². The molecule has 0 amide bonds. The van der Waals surface area contributed by atoms with Gasteiger partial charge in [-0.15, -0.1) is 0 Å². The molecule has 4 saturated carbocycles. The Morgan fingerprint density at radius 2 is 1.86 bits per heavy atom. The van der Waals surface area contributed by atoms with E-state index in [0.29, 0.717) is 12.3 Å². The zero-order valence-electron chi connectivity index (χ0n) is 17.5. The topological polar surface area (TPSA) is 90.9 Å². The molecule has 29 heavy (non-hydrogen) atoms. The molecule has 5 nitrogen and oxygen atoms in total. The van der Waals surface area contributed by atoms with Crippen molar-refractivity contribution in [2.45, 2.75) is 88.9 Å². The highest BCUT2D eigenvalue weighted by Crippen LogP contribution is 2.70. The Hall–Kier alpha value is -1.17. The van der Waals surface area contributed by atoms with Gasteiger partial charge in [-0.25, -0.2) is 4.79 Å². The second-order valence-corrected chi connectivity index (χ2v) is 10.9. The first-order valence-electron chi connectivity index (χ1n) is 11.4. The molecule has 160 valence electrons. The molecule has 1 heterocycles. The molecule has 0 aromatic carbocycles. The van der Waals surface area contributed by atoms with Crippen molar-refractivity contribution < 1.29 is 19.7 Å². The van der Waals surface area contributed by atoms with Crippen molar-refractivity contribution in [3.05, 3.63) is 34.4 Å². The molecule has 5 rings (SSSR count). The number of hydrogen-bond donors (Lipinski definition) is 3. The highest BCUT2D eigenvalue weighted by molar-refractivity contribution is 5.28. The zero-order chi connectivity index (χ0) is 20.6. The number of rotatable bonds is 1. The van der Waals surface area contributed by atoms with E-state index in [1.165, 1.54) is 6.07 Å². The largest absolute Gasteiger partial charge is 0.431 e. The predicted octanol–water partition coefficient (Wildman–Crippen LogP) is 3.21. The van der Waals surface area contributed by atoms with Gasteiger partial charge < -0.3 is 19.7 Å². The molecular formula is C24H34O5. The second kappa shape index (κ2) is 6.41. The third-order valence-electron chi connectivity index (χ3n) is 9.89. The van der Waals surface area contributed by atoms with Crippen LogP contribution in [0.15, 0.2) is 27.6 Å². The van der Waals surface area contributed by atoms with Crippen LogP contribution in [0.4, 0.5) is 0 Å². The Balaban J connectivity index is 1.52. The van der Waals surface area contributed by atoms with E-state index in [9.17, 15) is 20.1 Å². The number of aliphatic hydroxyl groups is 3. The first-order chi connectivity index (χ1) is 13.7. The average Bonchev–Trinajstić information content (AvgIpc) is 2.94. The third-order valence-corrected chi connectivity index (χ3v) is 9.89. The van der Waals surface area contributed by atoms with Crippen molar-refractivity contribution in [3.8, 4) is 0 Å². The lowest BCUT2D eigenvalue weighted by molar-refractivity contribution is -0.239. The highest BCUT2D eigenvalue weighted by atomic mass is 16.4. The molecule has 0 radical (unpaired) electrons. The maximum atomic E-state index is 12.2. The smallest absolute Gasteiger partial charge is 0.335 e. The molecule has 4 fully saturated rings. The van der Waals surface area contributed by atoms with E-state index in [0.717, 1.165) is 50.5 Å². The SMILES string of the molecule is C[C@]12CC[C@H](O)C[C@H]1CCC1C2C(O)C[C@]2(C)[C@@H](c3ccc(=O)oc3)CC[C@]12O. The number of fused-ring (bicyclic) bond motifs is 5. The summed E-state index contributed by atoms with van der Waals surface area (Å²) < 4.78 is 5.14. The van der Waals surface area contributed by atoms with E-state index >= 15 is 0 Å². The number of aliphatic hydroxyl groups excluding tert-OH is 2. The Labute approximate surface area is 172 Å². The van der Waals surface area contributed by atoms with Crippen LogP contribution in [0.5, 0.6) is 0 Å². The zero-order valence-corrected chi connectivity index (χ0v) is 17.5. The van der Waals surface area contributed by atoms with Crippen LogP contribution >= 0.6 is 0 Å². The maximum Gasteiger partial charge on any atom is 0.335 e. The molecule has 0 spiro atoms. The summed E-state index contributed by atoms with van der Waals surface area (Å²) in [5, 5.41) is 33.8. The van der Waals surface area contributed by atoms with Gasteiger partial charge in [-0.3, -0.25) is 0 Å². The van der Waals surface area contributed by atoms with E-state index in [1.807, 2.05) is 6.07 Å². The second-order valence-electron chi connectivity index (χ2n) is 10.9. The van der Waals surface area contributed by atoms with Crippen LogP contribution in [-0.2, 0) is 0 Å². The molecule has 0 saturated heterocycles. The fourth-order valence-electron chi connectivity index (χ4n) is 8.41. The van der Waals surface area contributed by atoms with Crippen LogP contribution in [0.1, 0.15) is 76.7 Å². The van der Waals surface area contributed by atoms with Crippen molar-refractivity contribution >= 4 is 0 Å². The van der Waals surface area contributed by atoms with Gasteiger partial charge in [0.15, 0.2) is 0 Å². The average molecular weight is 403 g/mol. The van der Waals surface area contributed by atoms with Gasteiger partial charge in [0.1, 0.15) is 0 Å². The summed E-state index contributed by atoms with van der Waals surface area (Å²) in [5.74, 6) is 0.662. The lowest BCUT2D eigenvalue weighted by atomic mass is 9.42. The summed E-state index contributed by atoms with van der Waals surface area (Å²) >= 11 is 0. The Morgan fingerprint density at radius 1 is 1.07 bits per heavy atom. The molecule has 1 aromatic heterocycles. The van der Waals surface area contributed by atoms with Crippen LogP contribution in [0.2, 0.25) is 0 Å². The molecule has 0 bridgehead atoms. The van der Waals surface area contributed by atoms with Crippen molar-refractivity contribution in [2.24, 2.45) is 28.6 Å². The third kappa shape index (κ3) is 2.60. The molecule has 9 atom stereocenters. The first kappa shape index (κ1) is 19.8. The molecule has 1 aromatic rings. The minimum absolute atomic E-state index is 0.0176. The van der Waals surface area contributed by atoms with Gasteiger partial charge in [0, 0.05) is 11.5 Å². The molecule has 5 heteroatoms. The van der Waals surface area contributed by atoms with E-state index in [1.54, 1.807) is 6.26 Å². The Morgan fingerprint density at radius 3 is 2.59 bits per heavy atom. The van der Waals surface area contributed by atoms with Gasteiger partial charge in [-0.05, 0) is 92.1 Å². The van der Waals surface area contributed by atoms with Crippen LogP contribution in [0, 0.1) is 28.6 Å². The van der Waals surface area contributed by atoms with Gasteiger partial charge in [-0.2, -0.15) is 0 Å². The molecule has 4 aliphatic carbocycles. The first-order valence-corrected chi connectivity index (χ1v) is 11.4. The highest BCUT2D eigenvalue weighted by Gasteiger charge is 2.69. The monoisotopic (exact) mass is 402 g/mol. The van der Waals surface area contributed by atoms with Crippen molar-refractivity contribution in [1.82, 2.24) is 0 Å². The van der Waals surface area contributed by atoms with Gasteiger partial charge in [0.25, 0.3) is 0 Å². The van der Waals surface area contributed by atoms with E-state index in [2.05, 4.69) is 13.8 Å². The van der Waals surface area contributed by atoms with Gasteiger partial charge >= 0.3 is 5.63 Å². The summed E-state index contributed by atoms with van der Waals surface area (Å²) in [6.45, 7) is 4.43. The molecule has 4 aliphatic rings. The lowest BCUT2D eigenvalue weighted by Gasteiger charge is -2.65. The summed E-state index contributed by atoms with van der Waals surface area (Å²) in [4.78, 5) is 11.4. The standard InChI is InChI=1S/C24H34O5/c1-22-9-7-16(25)11-15(22)4-5-18-21(22)19(26)12-23(2)17(8-10-24(18,23)28)14-3-6-20(27)29-13-14/h3,6,13,15-19,21,25-26,28H,4-5,7-12H2,1-2H3/t15-,16+,17-,18?,19?,21?,22+,23-,24+/m1/s1. The van der Waals surface area contributed by atoms with E-state index < -0.39 is 17.1 Å². The minimum atomic E-state index is -0.818. The van der Waals surface area contributed by atoms with Crippen molar-refractivity contribution in [1.29, 1.82) is 0 Å². The summed E-state index contributed by atoms with van der Waals surface area (Å²) in [7, 11) is 0. The maximum absolute atomic E-state index is 12.2. The molecular weight excluding hydrogens is 368 g/mol. The predicted molar refractivity (Wildman–Crippen MR) is 108 cm³/mol. The van der Waals surface area contributed by atoms with E-state index in [4.69, 9.17) is 4.42 Å².